The number of hydrogen-bond donors (Lipinski definition) is 1. The minimum atomic E-state index is 0.412. The van der Waals surface area contributed by atoms with Gasteiger partial charge in [0.1, 0.15) is 5.75 Å². The molecule has 0 saturated carbocycles. The van der Waals surface area contributed by atoms with Crippen molar-refractivity contribution in [2.45, 2.75) is 25.3 Å². The molecule has 1 unspecified atom stereocenters. The maximum atomic E-state index is 9.72. The lowest BCUT2D eigenvalue weighted by molar-refractivity contribution is 0.102. The Morgan fingerprint density at radius 2 is 1.94 bits per heavy atom. The number of fused-ring (bicyclic) bond motifs is 1. The minimum absolute atomic E-state index is 0.412. The standard InChI is InChI=1S/C15H22N2O/c1-16-7-9-17(10-8-16)15-4-2-3-12-5-6-13(18)11-14(12)15/h5-6,11,15,18H,2-4,7-10H2,1H3. The third kappa shape index (κ3) is 2.25. The largest absolute Gasteiger partial charge is 0.508 e. The summed E-state index contributed by atoms with van der Waals surface area (Å²) < 4.78 is 0. The van der Waals surface area contributed by atoms with Crippen LogP contribution in [0.2, 0.25) is 0 Å². The number of rotatable bonds is 1. The van der Waals surface area contributed by atoms with Gasteiger partial charge in [-0.3, -0.25) is 4.90 Å². The Morgan fingerprint density at radius 3 is 2.72 bits per heavy atom. The second-order valence-corrected chi connectivity index (χ2v) is 5.63. The van der Waals surface area contributed by atoms with E-state index in [4.69, 9.17) is 0 Å². The van der Waals surface area contributed by atoms with Crippen molar-refractivity contribution in [3.63, 3.8) is 0 Å². The van der Waals surface area contributed by atoms with Gasteiger partial charge in [-0.1, -0.05) is 6.07 Å². The molecule has 1 N–H and O–H groups in total. The van der Waals surface area contributed by atoms with Crippen LogP contribution in [-0.4, -0.2) is 48.1 Å². The SMILES string of the molecule is CN1CCN(C2CCCc3ccc(O)cc32)CC1. The lowest BCUT2D eigenvalue weighted by Crippen LogP contribution is -2.46. The van der Waals surface area contributed by atoms with Crippen molar-refractivity contribution in [3.05, 3.63) is 29.3 Å². The highest BCUT2D eigenvalue weighted by atomic mass is 16.3. The molecule has 1 aliphatic carbocycles. The van der Waals surface area contributed by atoms with Gasteiger partial charge in [-0.2, -0.15) is 0 Å². The molecule has 18 heavy (non-hydrogen) atoms. The molecular weight excluding hydrogens is 224 g/mol. The van der Waals surface area contributed by atoms with E-state index >= 15 is 0 Å². The molecule has 1 atom stereocenters. The van der Waals surface area contributed by atoms with Gasteiger partial charge >= 0.3 is 0 Å². The first-order valence-corrected chi connectivity index (χ1v) is 6.98. The minimum Gasteiger partial charge on any atom is -0.508 e. The normalized spacial score (nSPS) is 25.9. The van der Waals surface area contributed by atoms with Crippen LogP contribution in [0.25, 0.3) is 0 Å². The van der Waals surface area contributed by atoms with Gasteiger partial charge in [0.15, 0.2) is 0 Å². The predicted octanol–water partition coefficient (Wildman–Crippen LogP) is 2.02. The summed E-state index contributed by atoms with van der Waals surface area (Å²) in [5.74, 6) is 0.412. The first-order chi connectivity index (χ1) is 8.74. The van der Waals surface area contributed by atoms with Crippen LogP contribution in [0.1, 0.15) is 30.0 Å². The molecule has 0 bridgehead atoms. The van der Waals surface area contributed by atoms with Gasteiger partial charge in [-0.25, -0.2) is 0 Å². The summed E-state index contributed by atoms with van der Waals surface area (Å²) in [6.45, 7) is 4.61. The lowest BCUT2D eigenvalue weighted by atomic mass is 9.86. The van der Waals surface area contributed by atoms with E-state index in [9.17, 15) is 5.11 Å². The fourth-order valence-corrected chi connectivity index (χ4v) is 3.27. The Kier molecular flexibility index (Phi) is 3.27. The summed E-state index contributed by atoms with van der Waals surface area (Å²) in [5, 5.41) is 9.72. The van der Waals surface area contributed by atoms with Gasteiger partial charge in [0.05, 0.1) is 0 Å². The smallest absolute Gasteiger partial charge is 0.115 e. The molecule has 1 heterocycles. The van der Waals surface area contributed by atoms with Crippen LogP contribution in [0, 0.1) is 0 Å². The third-order valence-electron chi connectivity index (χ3n) is 4.39. The number of nitrogens with zero attached hydrogens (tertiary/aromatic N) is 2. The van der Waals surface area contributed by atoms with Crippen LogP contribution in [0.4, 0.5) is 0 Å². The monoisotopic (exact) mass is 246 g/mol. The van der Waals surface area contributed by atoms with Crippen LogP contribution in [0.5, 0.6) is 5.75 Å². The Morgan fingerprint density at radius 1 is 1.17 bits per heavy atom. The molecule has 0 spiro atoms. The molecule has 0 aromatic heterocycles. The average molecular weight is 246 g/mol. The van der Waals surface area contributed by atoms with E-state index in [1.165, 1.54) is 30.4 Å². The van der Waals surface area contributed by atoms with E-state index in [2.05, 4.69) is 22.9 Å². The van der Waals surface area contributed by atoms with E-state index in [-0.39, 0.29) is 0 Å². The van der Waals surface area contributed by atoms with Gasteiger partial charge in [0, 0.05) is 32.2 Å². The van der Waals surface area contributed by atoms with Gasteiger partial charge in [0.25, 0.3) is 0 Å². The molecule has 2 aliphatic rings. The zero-order valence-electron chi connectivity index (χ0n) is 11.1. The molecule has 1 aromatic carbocycles. The quantitative estimate of drug-likeness (QED) is 0.821. The zero-order valence-corrected chi connectivity index (χ0v) is 11.1. The van der Waals surface area contributed by atoms with Gasteiger partial charge < -0.3 is 10.0 Å². The Labute approximate surface area is 109 Å². The fourth-order valence-electron chi connectivity index (χ4n) is 3.27. The Hall–Kier alpha value is -1.06. The number of likely N-dealkylation sites (N-methyl/N-ethyl adjacent to an activating group) is 1. The Balaban J connectivity index is 1.84. The van der Waals surface area contributed by atoms with E-state index < -0.39 is 0 Å². The van der Waals surface area contributed by atoms with Crippen LogP contribution < -0.4 is 0 Å². The number of benzene rings is 1. The van der Waals surface area contributed by atoms with Crippen LogP contribution in [-0.2, 0) is 6.42 Å². The summed E-state index contributed by atoms with van der Waals surface area (Å²) >= 11 is 0. The van der Waals surface area contributed by atoms with E-state index in [1.54, 1.807) is 0 Å². The topological polar surface area (TPSA) is 26.7 Å². The number of hydrogen-bond acceptors (Lipinski definition) is 3. The summed E-state index contributed by atoms with van der Waals surface area (Å²) in [4.78, 5) is 4.99. The van der Waals surface area contributed by atoms with Crippen molar-refractivity contribution in [1.82, 2.24) is 9.80 Å². The van der Waals surface area contributed by atoms with Crippen molar-refractivity contribution >= 4 is 0 Å². The highest BCUT2D eigenvalue weighted by Crippen LogP contribution is 2.36. The molecule has 3 heteroatoms. The maximum absolute atomic E-state index is 9.72. The molecular formula is C15H22N2O. The van der Waals surface area contributed by atoms with E-state index in [0.29, 0.717) is 11.8 Å². The lowest BCUT2D eigenvalue weighted by Gasteiger charge is -2.40. The van der Waals surface area contributed by atoms with Crippen LogP contribution in [0.3, 0.4) is 0 Å². The molecule has 1 fully saturated rings. The highest BCUT2D eigenvalue weighted by Gasteiger charge is 2.28. The average Bonchev–Trinajstić information content (AvgIpc) is 2.39. The second kappa shape index (κ2) is 4.90. The van der Waals surface area contributed by atoms with Gasteiger partial charge in [-0.15, -0.1) is 0 Å². The number of phenolic OH excluding ortho intramolecular Hbond substituents is 1. The molecule has 3 nitrogen and oxygen atoms in total. The predicted molar refractivity (Wildman–Crippen MR) is 72.9 cm³/mol. The molecule has 1 aromatic rings. The maximum Gasteiger partial charge on any atom is 0.115 e. The molecule has 1 saturated heterocycles. The molecule has 1 aliphatic heterocycles. The second-order valence-electron chi connectivity index (χ2n) is 5.63. The van der Waals surface area contributed by atoms with E-state index in [0.717, 1.165) is 26.2 Å². The summed E-state index contributed by atoms with van der Waals surface area (Å²) in [7, 11) is 2.19. The summed E-state index contributed by atoms with van der Waals surface area (Å²) in [6, 6.07) is 6.44. The highest BCUT2D eigenvalue weighted by molar-refractivity contribution is 5.38. The first-order valence-electron chi connectivity index (χ1n) is 6.98. The van der Waals surface area contributed by atoms with Crippen molar-refractivity contribution in [2.24, 2.45) is 0 Å². The Bertz CT molecular complexity index is 425. The van der Waals surface area contributed by atoms with Gasteiger partial charge in [0.2, 0.25) is 0 Å². The van der Waals surface area contributed by atoms with Crippen molar-refractivity contribution in [3.8, 4) is 5.75 Å². The summed E-state index contributed by atoms with van der Waals surface area (Å²) in [6.07, 6.45) is 3.68. The van der Waals surface area contributed by atoms with Crippen LogP contribution in [0.15, 0.2) is 18.2 Å². The van der Waals surface area contributed by atoms with Gasteiger partial charge in [-0.05, 0) is 49.6 Å². The van der Waals surface area contributed by atoms with Crippen molar-refractivity contribution in [1.29, 1.82) is 0 Å². The molecule has 3 rings (SSSR count). The number of aryl methyl sites for hydroxylation is 1. The molecule has 0 radical (unpaired) electrons. The van der Waals surface area contributed by atoms with E-state index in [1.807, 2.05) is 12.1 Å². The van der Waals surface area contributed by atoms with Crippen molar-refractivity contribution < 1.29 is 5.11 Å². The molecule has 0 amide bonds. The molecule has 98 valence electrons. The first kappa shape index (κ1) is 12.0. The van der Waals surface area contributed by atoms with Crippen molar-refractivity contribution in [2.75, 3.05) is 33.2 Å². The number of aromatic hydroxyl groups is 1. The third-order valence-corrected chi connectivity index (χ3v) is 4.39. The fraction of sp³-hybridized carbons (Fsp3) is 0.600. The van der Waals surface area contributed by atoms with Crippen LogP contribution >= 0.6 is 0 Å². The zero-order chi connectivity index (χ0) is 12.5. The summed E-state index contributed by atoms with van der Waals surface area (Å²) in [5.41, 5.74) is 2.80. The number of piperazine rings is 1. The number of phenols is 1.